The average Bonchev–Trinajstić information content (AvgIpc) is 2.36. The Morgan fingerprint density at radius 2 is 2.24 bits per heavy atom. The second-order valence-corrected chi connectivity index (χ2v) is 5.28. The second kappa shape index (κ2) is 5.36. The van der Waals surface area contributed by atoms with Crippen molar-refractivity contribution in [3.8, 4) is 5.75 Å². The predicted octanol–water partition coefficient (Wildman–Crippen LogP) is 3.72. The van der Waals surface area contributed by atoms with E-state index in [9.17, 15) is 4.39 Å². The van der Waals surface area contributed by atoms with Crippen LogP contribution in [0.15, 0.2) is 10.5 Å². The summed E-state index contributed by atoms with van der Waals surface area (Å²) in [7, 11) is 1.60. The van der Waals surface area contributed by atoms with Crippen LogP contribution in [0.1, 0.15) is 36.4 Å². The van der Waals surface area contributed by atoms with Gasteiger partial charge >= 0.3 is 0 Å². The molecule has 1 aliphatic rings. The molecule has 2 nitrogen and oxygen atoms in total. The van der Waals surface area contributed by atoms with E-state index in [2.05, 4.69) is 21.2 Å². The number of ether oxygens (including phenoxy) is 1. The summed E-state index contributed by atoms with van der Waals surface area (Å²) >= 11 is 3.27. The molecule has 2 rings (SSSR count). The molecule has 0 bridgehead atoms. The summed E-state index contributed by atoms with van der Waals surface area (Å²) in [5.41, 5.74) is 1.63. The molecule has 0 aromatic heterocycles. The van der Waals surface area contributed by atoms with E-state index in [0.29, 0.717) is 15.8 Å². The smallest absolute Gasteiger partial charge is 0.143 e. The Bertz CT molecular complexity index is 416. The number of rotatable bonds is 2. The van der Waals surface area contributed by atoms with Crippen molar-refractivity contribution in [3.63, 3.8) is 0 Å². The van der Waals surface area contributed by atoms with Crippen molar-refractivity contribution >= 4 is 15.9 Å². The van der Waals surface area contributed by atoms with Crippen LogP contribution in [0.3, 0.4) is 0 Å². The van der Waals surface area contributed by atoms with Gasteiger partial charge in [0.25, 0.3) is 0 Å². The molecule has 1 saturated heterocycles. The molecule has 0 saturated carbocycles. The lowest BCUT2D eigenvalue weighted by atomic mass is 9.95. The van der Waals surface area contributed by atoms with Crippen molar-refractivity contribution in [1.29, 1.82) is 0 Å². The first-order chi connectivity index (χ1) is 8.15. The first-order valence-corrected chi connectivity index (χ1v) is 6.70. The van der Waals surface area contributed by atoms with Gasteiger partial charge in [0.2, 0.25) is 0 Å². The van der Waals surface area contributed by atoms with Crippen molar-refractivity contribution in [2.75, 3.05) is 13.7 Å². The Morgan fingerprint density at radius 3 is 2.82 bits per heavy atom. The molecule has 1 atom stereocenters. The average molecular weight is 302 g/mol. The van der Waals surface area contributed by atoms with Crippen LogP contribution < -0.4 is 10.1 Å². The minimum atomic E-state index is -0.235. The van der Waals surface area contributed by atoms with Gasteiger partial charge in [-0.15, -0.1) is 0 Å². The number of nitrogens with one attached hydrogen (secondary N) is 1. The molecule has 0 amide bonds. The van der Waals surface area contributed by atoms with Gasteiger partial charge in [0.15, 0.2) is 0 Å². The third kappa shape index (κ3) is 2.47. The van der Waals surface area contributed by atoms with E-state index >= 15 is 0 Å². The van der Waals surface area contributed by atoms with Crippen molar-refractivity contribution in [2.24, 2.45) is 0 Å². The summed E-state index contributed by atoms with van der Waals surface area (Å²) in [6, 6.07) is 2.11. The number of benzene rings is 1. The molecular weight excluding hydrogens is 285 g/mol. The maximum Gasteiger partial charge on any atom is 0.143 e. The van der Waals surface area contributed by atoms with Crippen LogP contribution in [0.5, 0.6) is 5.75 Å². The highest BCUT2D eigenvalue weighted by Crippen LogP contribution is 2.37. The normalized spacial score (nSPS) is 20.4. The van der Waals surface area contributed by atoms with Crippen LogP contribution in [0.2, 0.25) is 0 Å². The van der Waals surface area contributed by atoms with E-state index in [1.54, 1.807) is 14.0 Å². The molecule has 1 aliphatic heterocycles. The van der Waals surface area contributed by atoms with E-state index in [4.69, 9.17) is 4.74 Å². The Kier molecular flexibility index (Phi) is 4.05. The molecule has 1 aromatic carbocycles. The van der Waals surface area contributed by atoms with E-state index < -0.39 is 0 Å². The van der Waals surface area contributed by atoms with Crippen molar-refractivity contribution in [2.45, 2.75) is 32.2 Å². The van der Waals surface area contributed by atoms with Crippen LogP contribution in [-0.4, -0.2) is 13.7 Å². The molecule has 0 radical (unpaired) electrons. The van der Waals surface area contributed by atoms with Gasteiger partial charge in [-0.2, -0.15) is 0 Å². The first kappa shape index (κ1) is 12.8. The summed E-state index contributed by atoms with van der Waals surface area (Å²) in [6.45, 7) is 2.77. The Morgan fingerprint density at radius 1 is 1.47 bits per heavy atom. The summed E-state index contributed by atoms with van der Waals surface area (Å²) in [4.78, 5) is 0. The van der Waals surface area contributed by atoms with Gasteiger partial charge in [-0.3, -0.25) is 0 Å². The summed E-state index contributed by atoms with van der Waals surface area (Å²) in [5, 5.41) is 3.46. The van der Waals surface area contributed by atoms with Crippen LogP contribution in [0.4, 0.5) is 4.39 Å². The third-order valence-corrected chi connectivity index (χ3v) is 3.89. The van der Waals surface area contributed by atoms with Gasteiger partial charge in [-0.1, -0.05) is 6.42 Å². The molecule has 17 heavy (non-hydrogen) atoms. The van der Waals surface area contributed by atoms with E-state index in [1.807, 2.05) is 6.07 Å². The fourth-order valence-electron chi connectivity index (χ4n) is 2.41. The largest absolute Gasteiger partial charge is 0.496 e. The molecule has 94 valence electrons. The molecule has 1 aromatic rings. The SMILES string of the molecule is COc1c(C2CCCCN2)cc(Br)c(F)c1C. The molecular formula is C13H17BrFNO. The maximum atomic E-state index is 13.8. The minimum absolute atomic E-state index is 0.235. The van der Waals surface area contributed by atoms with Crippen LogP contribution in [-0.2, 0) is 0 Å². The van der Waals surface area contributed by atoms with E-state index in [0.717, 1.165) is 18.5 Å². The number of halogens is 2. The fraction of sp³-hybridized carbons (Fsp3) is 0.538. The highest BCUT2D eigenvalue weighted by Gasteiger charge is 2.22. The van der Waals surface area contributed by atoms with Gasteiger partial charge in [-0.05, 0) is 48.3 Å². The quantitative estimate of drug-likeness (QED) is 0.899. The number of hydrogen-bond donors (Lipinski definition) is 1. The molecule has 4 heteroatoms. The zero-order valence-corrected chi connectivity index (χ0v) is 11.7. The molecule has 0 spiro atoms. The molecule has 1 fully saturated rings. The Labute approximate surface area is 110 Å². The Hall–Kier alpha value is -0.610. The Balaban J connectivity index is 2.44. The minimum Gasteiger partial charge on any atom is -0.496 e. The fourth-order valence-corrected chi connectivity index (χ4v) is 2.95. The lowest BCUT2D eigenvalue weighted by Gasteiger charge is -2.26. The van der Waals surface area contributed by atoms with Gasteiger partial charge in [0.1, 0.15) is 11.6 Å². The summed E-state index contributed by atoms with van der Waals surface area (Å²) in [6.07, 6.45) is 3.49. The standard InChI is InChI=1S/C13H17BrFNO/c1-8-12(15)10(14)7-9(13(8)17-2)11-5-3-4-6-16-11/h7,11,16H,3-6H2,1-2H3. The van der Waals surface area contributed by atoms with Crippen molar-refractivity contribution in [3.05, 3.63) is 27.5 Å². The molecule has 1 heterocycles. The molecule has 1 N–H and O–H groups in total. The summed E-state index contributed by atoms with van der Waals surface area (Å²) < 4.78 is 19.7. The lowest BCUT2D eigenvalue weighted by Crippen LogP contribution is -2.27. The van der Waals surface area contributed by atoms with Crippen LogP contribution in [0, 0.1) is 12.7 Å². The number of piperidine rings is 1. The zero-order valence-electron chi connectivity index (χ0n) is 10.1. The van der Waals surface area contributed by atoms with Crippen LogP contribution in [0.25, 0.3) is 0 Å². The molecule has 1 unspecified atom stereocenters. The summed E-state index contributed by atoms with van der Waals surface area (Å²) in [5.74, 6) is 0.437. The number of methoxy groups -OCH3 is 1. The lowest BCUT2D eigenvalue weighted by molar-refractivity contribution is 0.368. The molecule has 0 aliphatic carbocycles. The van der Waals surface area contributed by atoms with Crippen LogP contribution >= 0.6 is 15.9 Å². The van der Waals surface area contributed by atoms with Crippen molar-refractivity contribution < 1.29 is 9.13 Å². The highest BCUT2D eigenvalue weighted by molar-refractivity contribution is 9.10. The number of hydrogen-bond acceptors (Lipinski definition) is 2. The predicted molar refractivity (Wildman–Crippen MR) is 70.0 cm³/mol. The second-order valence-electron chi connectivity index (χ2n) is 4.42. The van der Waals surface area contributed by atoms with Crippen molar-refractivity contribution in [1.82, 2.24) is 5.32 Å². The maximum absolute atomic E-state index is 13.8. The monoisotopic (exact) mass is 301 g/mol. The van der Waals surface area contributed by atoms with E-state index in [1.165, 1.54) is 12.8 Å². The zero-order chi connectivity index (χ0) is 12.4. The first-order valence-electron chi connectivity index (χ1n) is 5.91. The van der Waals surface area contributed by atoms with Gasteiger partial charge in [0.05, 0.1) is 11.6 Å². The topological polar surface area (TPSA) is 21.3 Å². The third-order valence-electron chi connectivity index (χ3n) is 3.31. The van der Waals surface area contributed by atoms with Gasteiger partial charge in [0, 0.05) is 17.2 Å². The van der Waals surface area contributed by atoms with Gasteiger partial charge < -0.3 is 10.1 Å². The van der Waals surface area contributed by atoms with E-state index in [-0.39, 0.29) is 11.9 Å². The van der Waals surface area contributed by atoms with Gasteiger partial charge in [-0.25, -0.2) is 4.39 Å². The highest BCUT2D eigenvalue weighted by atomic mass is 79.9.